The van der Waals surface area contributed by atoms with Crippen molar-refractivity contribution in [2.75, 3.05) is 31.2 Å². The Morgan fingerprint density at radius 3 is 2.88 bits per heavy atom. The van der Waals surface area contributed by atoms with E-state index in [9.17, 15) is 4.79 Å². The normalized spacial score (nSPS) is 18.7. The molecular formula is C24H26N4O2S2. The fourth-order valence-corrected chi connectivity index (χ4v) is 6.23. The van der Waals surface area contributed by atoms with Crippen molar-refractivity contribution in [3.8, 4) is 11.3 Å². The van der Waals surface area contributed by atoms with Crippen LogP contribution in [0.4, 0.5) is 5.13 Å². The van der Waals surface area contributed by atoms with Gasteiger partial charge in [-0.25, -0.2) is 10.4 Å². The lowest BCUT2D eigenvalue weighted by molar-refractivity contribution is 0.0959. The number of hydrazone groups is 1. The summed E-state index contributed by atoms with van der Waals surface area (Å²) in [6.07, 6.45) is 5.06. The summed E-state index contributed by atoms with van der Waals surface area (Å²) >= 11 is 3.19. The molecular weight excluding hydrogens is 440 g/mol. The summed E-state index contributed by atoms with van der Waals surface area (Å²) < 4.78 is 5.47. The molecule has 0 saturated carbocycles. The molecule has 1 unspecified atom stereocenters. The minimum absolute atomic E-state index is 0.146. The number of anilines is 1. The van der Waals surface area contributed by atoms with Crippen LogP contribution < -0.4 is 10.3 Å². The summed E-state index contributed by atoms with van der Waals surface area (Å²) in [5.41, 5.74) is 5.97. The molecule has 0 spiro atoms. The Morgan fingerprint density at radius 1 is 1.25 bits per heavy atom. The minimum Gasteiger partial charge on any atom is -0.378 e. The second-order valence-electron chi connectivity index (χ2n) is 8.28. The lowest BCUT2D eigenvalue weighted by atomic mass is 9.90. The Labute approximate surface area is 195 Å². The van der Waals surface area contributed by atoms with Crippen molar-refractivity contribution in [2.24, 2.45) is 11.0 Å². The van der Waals surface area contributed by atoms with Crippen LogP contribution in [0.2, 0.25) is 0 Å². The minimum atomic E-state index is -0.146. The Hall–Kier alpha value is -2.55. The van der Waals surface area contributed by atoms with Crippen molar-refractivity contribution in [3.63, 3.8) is 0 Å². The molecule has 32 heavy (non-hydrogen) atoms. The highest BCUT2D eigenvalue weighted by atomic mass is 32.1. The number of ether oxygens (including phenoxy) is 1. The molecule has 3 aromatic rings. The molecule has 2 aliphatic rings. The van der Waals surface area contributed by atoms with E-state index in [0.717, 1.165) is 52.1 Å². The number of rotatable bonds is 5. The van der Waals surface area contributed by atoms with Crippen LogP contribution in [-0.4, -0.2) is 43.4 Å². The molecule has 1 aliphatic heterocycles. The monoisotopic (exact) mass is 466 g/mol. The zero-order chi connectivity index (χ0) is 21.9. The van der Waals surface area contributed by atoms with Crippen molar-refractivity contribution >= 4 is 39.9 Å². The second-order valence-corrected chi connectivity index (χ2v) is 10.4. The number of thiophene rings is 1. The summed E-state index contributed by atoms with van der Waals surface area (Å²) in [5, 5.41) is 5.25. The Balaban J connectivity index is 1.34. The highest BCUT2D eigenvalue weighted by molar-refractivity contribution is 7.17. The van der Waals surface area contributed by atoms with Crippen LogP contribution in [0.3, 0.4) is 0 Å². The third kappa shape index (κ3) is 4.62. The van der Waals surface area contributed by atoms with E-state index in [4.69, 9.17) is 9.72 Å². The van der Waals surface area contributed by atoms with Crippen molar-refractivity contribution < 1.29 is 9.53 Å². The van der Waals surface area contributed by atoms with E-state index in [1.807, 2.05) is 36.4 Å². The highest BCUT2D eigenvalue weighted by Gasteiger charge is 2.21. The van der Waals surface area contributed by atoms with Crippen molar-refractivity contribution in [2.45, 2.75) is 26.2 Å². The number of thiazole rings is 1. The molecule has 2 aromatic heterocycles. The molecule has 0 radical (unpaired) electrons. The molecule has 1 aromatic carbocycles. The number of nitrogens with zero attached hydrogens (tertiary/aromatic N) is 3. The number of carbonyl (C=O) groups excluding carboxylic acids is 1. The smallest absolute Gasteiger partial charge is 0.281 e. The van der Waals surface area contributed by atoms with Crippen LogP contribution in [-0.2, 0) is 17.6 Å². The molecule has 6 nitrogen and oxygen atoms in total. The van der Waals surface area contributed by atoms with Crippen LogP contribution in [0.5, 0.6) is 0 Å². The number of nitrogens with one attached hydrogen (secondary N) is 1. The van der Waals surface area contributed by atoms with E-state index in [1.54, 1.807) is 28.9 Å². The van der Waals surface area contributed by atoms with E-state index < -0.39 is 0 Å². The number of hydrogen-bond acceptors (Lipinski definition) is 7. The molecule has 1 saturated heterocycles. The second kappa shape index (κ2) is 9.52. The van der Waals surface area contributed by atoms with Gasteiger partial charge in [-0.2, -0.15) is 5.10 Å². The number of aromatic nitrogens is 1. The molecule has 1 fully saturated rings. The van der Waals surface area contributed by atoms with Gasteiger partial charge in [-0.1, -0.05) is 48.6 Å². The molecule has 1 amide bonds. The summed E-state index contributed by atoms with van der Waals surface area (Å²) in [6, 6.07) is 12.1. The fourth-order valence-electron chi connectivity index (χ4n) is 4.12. The van der Waals surface area contributed by atoms with Crippen LogP contribution in [0.1, 0.15) is 38.3 Å². The molecule has 1 atom stereocenters. The third-order valence-electron chi connectivity index (χ3n) is 5.87. The van der Waals surface area contributed by atoms with Gasteiger partial charge < -0.3 is 9.64 Å². The van der Waals surface area contributed by atoms with E-state index in [-0.39, 0.29) is 5.91 Å². The average molecular weight is 467 g/mol. The van der Waals surface area contributed by atoms with Gasteiger partial charge in [0, 0.05) is 23.5 Å². The largest absolute Gasteiger partial charge is 0.378 e. The van der Waals surface area contributed by atoms with Crippen LogP contribution in [0.15, 0.2) is 41.5 Å². The molecule has 3 heterocycles. The van der Waals surface area contributed by atoms with E-state index in [2.05, 4.69) is 22.4 Å². The van der Waals surface area contributed by atoms with Crippen LogP contribution in [0.25, 0.3) is 11.3 Å². The van der Waals surface area contributed by atoms with Gasteiger partial charge in [0.15, 0.2) is 5.13 Å². The topological polar surface area (TPSA) is 66.8 Å². The SMILES string of the molecule is CC1CCc2sc(C(=O)N/N=C/c3sc(N4CCOCC4)nc3-c3ccccc3)cc2C1. The predicted octanol–water partition coefficient (Wildman–Crippen LogP) is 4.60. The van der Waals surface area contributed by atoms with Crippen LogP contribution in [0, 0.1) is 5.92 Å². The Kier molecular flexibility index (Phi) is 6.34. The maximum absolute atomic E-state index is 12.7. The highest BCUT2D eigenvalue weighted by Crippen LogP contribution is 2.33. The third-order valence-corrected chi connectivity index (χ3v) is 8.16. The lowest BCUT2D eigenvalue weighted by Crippen LogP contribution is -2.36. The summed E-state index contributed by atoms with van der Waals surface area (Å²) in [4.78, 5) is 22.8. The van der Waals surface area contributed by atoms with Crippen molar-refractivity contribution in [1.82, 2.24) is 10.4 Å². The quantitative estimate of drug-likeness (QED) is 0.441. The lowest BCUT2D eigenvalue weighted by Gasteiger charge is -2.26. The molecule has 8 heteroatoms. The first-order chi connectivity index (χ1) is 15.7. The number of benzene rings is 1. The van der Waals surface area contributed by atoms with Crippen LogP contribution >= 0.6 is 22.7 Å². The Bertz CT molecular complexity index is 1120. The number of hydrogen-bond donors (Lipinski definition) is 1. The number of carbonyl (C=O) groups is 1. The van der Waals surface area contributed by atoms with Gasteiger partial charge in [0.2, 0.25) is 0 Å². The van der Waals surface area contributed by atoms with Gasteiger partial charge in [-0.05, 0) is 36.8 Å². The molecule has 1 N–H and O–H groups in total. The first-order valence-corrected chi connectivity index (χ1v) is 12.6. The van der Waals surface area contributed by atoms with E-state index in [0.29, 0.717) is 19.1 Å². The van der Waals surface area contributed by atoms with E-state index in [1.165, 1.54) is 16.9 Å². The number of fused-ring (bicyclic) bond motifs is 1. The predicted molar refractivity (Wildman–Crippen MR) is 131 cm³/mol. The first-order valence-electron chi connectivity index (χ1n) is 11.0. The zero-order valence-electron chi connectivity index (χ0n) is 18.0. The van der Waals surface area contributed by atoms with Gasteiger partial charge in [0.05, 0.1) is 34.9 Å². The number of aryl methyl sites for hydroxylation is 1. The number of morpholine rings is 1. The summed E-state index contributed by atoms with van der Waals surface area (Å²) in [7, 11) is 0. The Morgan fingerprint density at radius 2 is 2.06 bits per heavy atom. The summed E-state index contributed by atoms with van der Waals surface area (Å²) in [5.74, 6) is 0.543. The molecule has 166 valence electrons. The average Bonchev–Trinajstić information content (AvgIpc) is 3.44. The molecule has 1 aliphatic carbocycles. The summed E-state index contributed by atoms with van der Waals surface area (Å²) in [6.45, 7) is 5.36. The van der Waals surface area contributed by atoms with E-state index >= 15 is 0 Å². The van der Waals surface area contributed by atoms with Gasteiger partial charge in [0.1, 0.15) is 0 Å². The molecule has 0 bridgehead atoms. The van der Waals surface area contributed by atoms with Gasteiger partial charge in [-0.3, -0.25) is 4.79 Å². The standard InChI is InChI=1S/C24H26N4O2S2/c1-16-7-8-19-18(13-16)14-20(31-19)23(29)27-25-15-21-22(17-5-3-2-4-6-17)26-24(32-21)28-9-11-30-12-10-28/h2-6,14-16H,7-13H2,1H3,(H,27,29)/b25-15+. The zero-order valence-corrected chi connectivity index (χ0v) is 19.7. The number of amides is 1. The fraction of sp³-hybridized carbons (Fsp3) is 0.375. The van der Waals surface area contributed by atoms with Crippen molar-refractivity contribution in [1.29, 1.82) is 0 Å². The first kappa shape index (κ1) is 21.3. The van der Waals surface area contributed by atoms with Crippen molar-refractivity contribution in [3.05, 3.63) is 56.6 Å². The van der Waals surface area contributed by atoms with Gasteiger partial charge in [0.25, 0.3) is 5.91 Å². The maximum atomic E-state index is 12.7. The van der Waals surface area contributed by atoms with Gasteiger partial charge >= 0.3 is 0 Å². The molecule has 5 rings (SSSR count). The van der Waals surface area contributed by atoms with Gasteiger partial charge in [-0.15, -0.1) is 11.3 Å². The maximum Gasteiger partial charge on any atom is 0.281 e.